The Hall–Kier alpha value is -3.67. The van der Waals surface area contributed by atoms with Crippen molar-refractivity contribution in [3.63, 3.8) is 0 Å². The minimum absolute atomic E-state index is 0.953. The first-order chi connectivity index (χ1) is 14.0. The Labute approximate surface area is 169 Å². The lowest BCUT2D eigenvalue weighted by Crippen LogP contribution is -2.52. The Balaban J connectivity index is 1.81. The number of hydrogen-bond acceptors (Lipinski definition) is 1. The highest BCUT2D eigenvalue weighted by Crippen LogP contribution is 2.23. The summed E-state index contributed by atoms with van der Waals surface area (Å²) in [6.07, 6.45) is 0. The maximum Gasteiger partial charge on any atom is 0.358 e. The number of hydrogen-bond donors (Lipinski definition) is 1. The highest BCUT2D eigenvalue weighted by molar-refractivity contribution is 5.76. The molecular formula is C23H25N6+3. The molecule has 0 bridgehead atoms. The molecule has 0 aliphatic heterocycles. The predicted molar refractivity (Wildman–Crippen MR) is 113 cm³/mol. The number of benzene rings is 2. The van der Waals surface area contributed by atoms with Crippen LogP contribution in [0.2, 0.25) is 0 Å². The summed E-state index contributed by atoms with van der Waals surface area (Å²) in [5.74, 6) is 8.84. The molecule has 0 aliphatic rings. The Morgan fingerprint density at radius 3 is 1.45 bits per heavy atom. The molecule has 6 nitrogen and oxygen atoms in total. The maximum absolute atomic E-state index is 6.73. The zero-order chi connectivity index (χ0) is 20.3. The largest absolute Gasteiger partial charge is 0.358 e. The van der Waals surface area contributed by atoms with Crippen LogP contribution in [0.1, 0.15) is 0 Å². The summed E-state index contributed by atoms with van der Waals surface area (Å²) in [4.78, 5) is 0. The van der Waals surface area contributed by atoms with Crippen LogP contribution in [0.5, 0.6) is 0 Å². The molecular weight excluding hydrogens is 360 g/mol. The number of pyridine rings is 1. The molecule has 0 amide bonds. The lowest BCUT2D eigenvalue weighted by Gasteiger charge is -2.01. The first kappa shape index (κ1) is 17.4. The van der Waals surface area contributed by atoms with Crippen LogP contribution in [0.4, 0.5) is 0 Å². The molecule has 6 heteroatoms. The molecule has 144 valence electrons. The van der Waals surface area contributed by atoms with Crippen LogP contribution in [0, 0.1) is 0 Å². The standard InChI is InChI=1S/C23H24N6/c1-25-16-10-5-6-11-17(16)26(2)22(25)20-14-9-15-21(29(20)24)23-27(3)18-12-7-8-13-19(18)28(23)4/h5-15,24H,1-4H3/q+2/p+1. The van der Waals surface area contributed by atoms with E-state index in [1.807, 2.05) is 0 Å². The van der Waals surface area contributed by atoms with E-state index in [-0.39, 0.29) is 0 Å². The molecule has 0 spiro atoms. The first-order valence-electron chi connectivity index (χ1n) is 9.68. The zero-order valence-corrected chi connectivity index (χ0v) is 17.2. The minimum Gasteiger partial charge on any atom is -0.220 e. The minimum atomic E-state index is 0.953. The molecule has 2 aromatic carbocycles. The molecule has 29 heavy (non-hydrogen) atoms. The SMILES string of the molecule is Cn1c(-c2cccc(-c3n(C)c4ccccc4[n+]3C)[n+]2N)[n+](C)c2ccccc21. The molecule has 0 atom stereocenters. The topological polar surface area (TPSA) is 47.5 Å². The second kappa shape index (κ2) is 6.17. The van der Waals surface area contributed by atoms with Gasteiger partial charge in [-0.05, 0) is 30.3 Å². The first-order valence-corrected chi connectivity index (χ1v) is 9.68. The molecule has 0 saturated heterocycles. The predicted octanol–water partition coefficient (Wildman–Crippen LogP) is 1.65. The van der Waals surface area contributed by atoms with Crippen LogP contribution in [-0.2, 0) is 28.2 Å². The molecule has 0 unspecified atom stereocenters. The fraction of sp³-hybridized carbons (Fsp3) is 0.174. The molecule has 2 N–H and O–H groups in total. The smallest absolute Gasteiger partial charge is 0.220 e. The van der Waals surface area contributed by atoms with Gasteiger partial charge in [0.1, 0.15) is 0 Å². The van der Waals surface area contributed by atoms with Crippen LogP contribution >= 0.6 is 0 Å². The second-order valence-electron chi connectivity index (χ2n) is 7.53. The average Bonchev–Trinajstić information content (AvgIpc) is 3.14. The third kappa shape index (κ3) is 2.32. The van der Waals surface area contributed by atoms with Crippen molar-refractivity contribution in [2.24, 2.45) is 28.2 Å². The van der Waals surface area contributed by atoms with Crippen LogP contribution in [-0.4, -0.2) is 9.13 Å². The van der Waals surface area contributed by atoms with Gasteiger partial charge in [-0.15, -0.1) is 0 Å². The highest BCUT2D eigenvalue weighted by Gasteiger charge is 2.35. The van der Waals surface area contributed by atoms with E-state index in [0.29, 0.717) is 0 Å². The van der Waals surface area contributed by atoms with E-state index in [1.54, 1.807) is 4.68 Å². The van der Waals surface area contributed by atoms with E-state index in [1.165, 1.54) is 22.1 Å². The Kier molecular flexibility index (Phi) is 3.71. The number of aromatic nitrogens is 5. The number of fused-ring (bicyclic) bond motifs is 2. The van der Waals surface area contributed by atoms with E-state index in [2.05, 4.69) is 113 Å². The third-order valence-corrected chi connectivity index (χ3v) is 5.97. The van der Waals surface area contributed by atoms with Crippen molar-refractivity contribution in [2.45, 2.75) is 0 Å². The summed E-state index contributed by atoms with van der Waals surface area (Å²) >= 11 is 0. The number of aryl methyl sites for hydroxylation is 4. The molecule has 3 aromatic heterocycles. The monoisotopic (exact) mass is 385 g/mol. The van der Waals surface area contributed by atoms with Gasteiger partial charge < -0.3 is 0 Å². The van der Waals surface area contributed by atoms with Gasteiger partial charge in [-0.3, -0.25) is 0 Å². The number of nitrogen functional groups attached to an aromatic ring is 1. The summed E-state index contributed by atoms with van der Waals surface area (Å²) in [5.41, 5.74) is 6.59. The van der Waals surface area contributed by atoms with Gasteiger partial charge >= 0.3 is 23.0 Å². The van der Waals surface area contributed by atoms with E-state index in [9.17, 15) is 0 Å². The molecule has 0 fully saturated rings. The quantitative estimate of drug-likeness (QED) is 0.365. The Bertz CT molecular complexity index is 1220. The van der Waals surface area contributed by atoms with Crippen molar-refractivity contribution >= 4 is 22.1 Å². The second-order valence-corrected chi connectivity index (χ2v) is 7.53. The van der Waals surface area contributed by atoms with Crippen molar-refractivity contribution in [1.29, 1.82) is 0 Å². The van der Waals surface area contributed by atoms with Gasteiger partial charge in [0.15, 0.2) is 22.1 Å². The molecule has 3 heterocycles. The van der Waals surface area contributed by atoms with Gasteiger partial charge in [0, 0.05) is 12.1 Å². The summed E-state index contributed by atoms with van der Waals surface area (Å²) in [5, 5.41) is 0. The Morgan fingerprint density at radius 1 is 0.621 bits per heavy atom. The summed E-state index contributed by atoms with van der Waals surface area (Å²) in [6.45, 7) is 0. The molecule has 0 aliphatic carbocycles. The number of nitrogens with two attached hydrogens (primary N) is 1. The summed E-state index contributed by atoms with van der Waals surface area (Å²) < 4.78 is 10.6. The van der Waals surface area contributed by atoms with Crippen LogP contribution in [0.25, 0.3) is 45.1 Å². The number of nitrogens with zero attached hydrogens (tertiary/aromatic N) is 5. The van der Waals surface area contributed by atoms with E-state index >= 15 is 0 Å². The molecule has 5 rings (SSSR count). The van der Waals surface area contributed by atoms with E-state index in [4.69, 9.17) is 5.84 Å². The molecule has 0 radical (unpaired) electrons. The van der Waals surface area contributed by atoms with Crippen molar-refractivity contribution in [3.8, 4) is 23.0 Å². The summed E-state index contributed by atoms with van der Waals surface area (Å²) in [6, 6.07) is 23.0. The maximum atomic E-state index is 6.73. The van der Waals surface area contributed by atoms with Crippen LogP contribution in [0.15, 0.2) is 66.7 Å². The molecule has 0 saturated carbocycles. The Morgan fingerprint density at radius 2 is 1.03 bits per heavy atom. The van der Waals surface area contributed by atoms with Gasteiger partial charge in [-0.25, -0.2) is 24.1 Å². The average molecular weight is 385 g/mol. The lowest BCUT2D eigenvalue weighted by molar-refractivity contribution is -0.670. The van der Waals surface area contributed by atoms with Gasteiger partial charge in [0.25, 0.3) is 0 Å². The van der Waals surface area contributed by atoms with Gasteiger partial charge in [-0.2, -0.15) is 0 Å². The van der Waals surface area contributed by atoms with Crippen LogP contribution in [0.3, 0.4) is 0 Å². The van der Waals surface area contributed by atoms with Crippen molar-refractivity contribution < 1.29 is 13.8 Å². The van der Waals surface area contributed by atoms with Crippen LogP contribution < -0.4 is 19.7 Å². The van der Waals surface area contributed by atoms with Gasteiger partial charge in [0.05, 0.1) is 28.2 Å². The molecule has 5 aromatic rings. The van der Waals surface area contributed by atoms with Gasteiger partial charge in [-0.1, -0.05) is 28.9 Å². The normalized spacial score (nSPS) is 11.6. The highest BCUT2D eigenvalue weighted by atomic mass is 15.3. The van der Waals surface area contributed by atoms with Crippen molar-refractivity contribution in [3.05, 3.63) is 66.7 Å². The van der Waals surface area contributed by atoms with E-state index in [0.717, 1.165) is 23.0 Å². The number of para-hydroxylation sites is 4. The lowest BCUT2D eigenvalue weighted by atomic mass is 10.2. The fourth-order valence-electron chi connectivity index (χ4n) is 4.54. The van der Waals surface area contributed by atoms with Crippen molar-refractivity contribution in [2.75, 3.05) is 5.84 Å². The number of rotatable bonds is 2. The van der Waals surface area contributed by atoms with E-state index < -0.39 is 0 Å². The zero-order valence-electron chi connectivity index (χ0n) is 17.2. The van der Waals surface area contributed by atoms with Crippen molar-refractivity contribution in [1.82, 2.24) is 9.13 Å². The third-order valence-electron chi connectivity index (χ3n) is 5.97. The number of imidazole rings is 2. The summed E-state index contributed by atoms with van der Waals surface area (Å²) in [7, 11) is 8.34. The fourth-order valence-corrected chi connectivity index (χ4v) is 4.54. The van der Waals surface area contributed by atoms with Gasteiger partial charge in [0.2, 0.25) is 0 Å².